The summed E-state index contributed by atoms with van der Waals surface area (Å²) >= 11 is 0. The summed E-state index contributed by atoms with van der Waals surface area (Å²) in [5.74, 6) is 0. The van der Waals surface area contributed by atoms with E-state index in [0.29, 0.717) is 0 Å². The van der Waals surface area contributed by atoms with Crippen molar-refractivity contribution in [2.75, 3.05) is 19.8 Å². The molecule has 0 aliphatic carbocycles. The third-order valence-electron chi connectivity index (χ3n) is 6.07. The fourth-order valence-electron chi connectivity index (χ4n) is 3.63. The Bertz CT molecular complexity index is 596. The molecular weight excluding hydrogens is 464 g/mol. The zero-order chi connectivity index (χ0) is 25.7. The maximum absolute atomic E-state index is 10.4. The highest BCUT2D eigenvalue weighted by atomic mass is 16.7. The average molecular weight is 503 g/mol. The van der Waals surface area contributed by atoms with Crippen molar-refractivity contribution in [1.82, 2.24) is 0 Å². The molecule has 2 saturated heterocycles. The van der Waals surface area contributed by atoms with E-state index >= 15 is 0 Å². The first-order valence-electron chi connectivity index (χ1n) is 11.1. The molecule has 2 rings (SSSR count). The van der Waals surface area contributed by atoms with Crippen molar-refractivity contribution in [3.8, 4) is 0 Å². The molecule has 34 heavy (non-hydrogen) atoms. The van der Waals surface area contributed by atoms with E-state index in [4.69, 9.17) is 23.7 Å². The van der Waals surface area contributed by atoms with Crippen molar-refractivity contribution in [3.63, 3.8) is 0 Å². The van der Waals surface area contributed by atoms with Crippen LogP contribution >= 0.6 is 0 Å². The van der Waals surface area contributed by atoms with E-state index in [1.165, 1.54) is 20.8 Å². The van der Waals surface area contributed by atoms with Gasteiger partial charge in [0.05, 0.1) is 38.1 Å². The van der Waals surface area contributed by atoms with Crippen LogP contribution in [0.4, 0.5) is 0 Å². The maximum Gasteiger partial charge on any atom is 0.187 e. The lowest BCUT2D eigenvalue weighted by molar-refractivity contribution is -0.319. The molecule has 0 radical (unpaired) electrons. The zero-order valence-corrected chi connectivity index (χ0v) is 19.3. The first-order valence-corrected chi connectivity index (χ1v) is 11.1. The molecule has 2 aliphatic heterocycles. The molecule has 2 heterocycles. The molecule has 202 valence electrons. The second kappa shape index (κ2) is 13.1. The Hall–Kier alpha value is -0.560. The summed E-state index contributed by atoms with van der Waals surface area (Å²) in [5.41, 5.74) is 0. The number of aliphatic hydroxyl groups excluding tert-OH is 9. The fraction of sp³-hybridized carbons (Fsp3) is 1.00. The Kier molecular flexibility index (Phi) is 11.4. The number of rotatable bonds is 11. The molecule has 0 bridgehead atoms. The van der Waals surface area contributed by atoms with Gasteiger partial charge in [-0.25, -0.2) is 0 Å². The van der Waals surface area contributed by atoms with Gasteiger partial charge in [-0.05, 0) is 20.8 Å². The van der Waals surface area contributed by atoms with Gasteiger partial charge in [0.25, 0.3) is 0 Å². The van der Waals surface area contributed by atoms with Gasteiger partial charge in [0.15, 0.2) is 12.6 Å². The lowest BCUT2D eigenvalue weighted by Gasteiger charge is -2.41. The van der Waals surface area contributed by atoms with Gasteiger partial charge in [-0.1, -0.05) is 0 Å². The molecule has 14 nitrogen and oxygen atoms in total. The van der Waals surface area contributed by atoms with Crippen molar-refractivity contribution >= 4 is 0 Å². The average Bonchev–Trinajstić information content (AvgIpc) is 2.82. The second-order valence-electron chi connectivity index (χ2n) is 8.68. The van der Waals surface area contributed by atoms with E-state index in [9.17, 15) is 46.0 Å². The van der Waals surface area contributed by atoms with Gasteiger partial charge in [-0.15, -0.1) is 0 Å². The van der Waals surface area contributed by atoms with Crippen LogP contribution in [0.1, 0.15) is 20.8 Å². The summed E-state index contributed by atoms with van der Waals surface area (Å²) < 4.78 is 27.1. The summed E-state index contributed by atoms with van der Waals surface area (Å²) in [5, 5.41) is 88.7. The van der Waals surface area contributed by atoms with Crippen LogP contribution in [-0.2, 0) is 23.7 Å². The summed E-state index contributed by atoms with van der Waals surface area (Å²) in [6.45, 7) is 2.90. The highest BCUT2D eigenvalue weighted by Gasteiger charge is 2.45. The van der Waals surface area contributed by atoms with E-state index < -0.39 is 99.0 Å². The molecule has 0 aromatic heterocycles. The van der Waals surface area contributed by atoms with Crippen LogP contribution in [0.2, 0.25) is 0 Å². The third kappa shape index (κ3) is 7.02. The largest absolute Gasteiger partial charge is 0.394 e. The van der Waals surface area contributed by atoms with Crippen LogP contribution in [0, 0.1) is 0 Å². The van der Waals surface area contributed by atoms with Crippen LogP contribution < -0.4 is 0 Å². The lowest BCUT2D eigenvalue weighted by atomic mass is 9.99. The molecule has 0 aromatic rings. The highest BCUT2D eigenvalue weighted by molar-refractivity contribution is 4.90. The predicted octanol–water partition coefficient (Wildman–Crippen LogP) is -4.84. The molecule has 14 heteroatoms. The van der Waals surface area contributed by atoms with E-state index in [2.05, 4.69) is 0 Å². The van der Waals surface area contributed by atoms with Crippen molar-refractivity contribution < 1.29 is 69.6 Å². The molecule has 0 saturated carbocycles. The molecule has 0 aromatic carbocycles. The van der Waals surface area contributed by atoms with Crippen LogP contribution in [0.3, 0.4) is 0 Å². The van der Waals surface area contributed by atoms with Crippen LogP contribution in [0.15, 0.2) is 0 Å². The number of hydrogen-bond donors (Lipinski definition) is 9. The Labute approximate surface area is 196 Å². The summed E-state index contributed by atoms with van der Waals surface area (Å²) in [6, 6.07) is 0. The molecule has 14 atom stereocenters. The standard InChI is InChI=1S/C20H38O14/c1-7(10(23)6-30-19-17(28)15(26)13(24)9(3)33-19)31-11(4-21)8(2)32-20-18(29)16(27)14(25)12(5-22)34-20/h7-29H,4-6H2,1-3H3/t7?,8-,9?,10-,11?,12-,13?,14?,15?,16?,17?,18?,19?,20+/m0/s1. The Balaban J connectivity index is 1.87. The Morgan fingerprint density at radius 1 is 0.765 bits per heavy atom. The number of hydrogen-bond acceptors (Lipinski definition) is 14. The smallest absolute Gasteiger partial charge is 0.187 e. The maximum atomic E-state index is 10.4. The minimum absolute atomic E-state index is 0.376. The fourth-order valence-corrected chi connectivity index (χ4v) is 3.63. The molecular formula is C20H38O14. The SMILES string of the molecule is CC1OC(OC[C@H](O)C(C)OC(CO)[C@H](C)O[C@@H]2O[C@@H](CO)C(O)C(O)C2O)C(O)C(O)C1O. The Morgan fingerprint density at radius 3 is 1.94 bits per heavy atom. The van der Waals surface area contributed by atoms with Gasteiger partial charge >= 0.3 is 0 Å². The third-order valence-corrected chi connectivity index (χ3v) is 6.07. The monoisotopic (exact) mass is 502 g/mol. The molecule has 2 fully saturated rings. The van der Waals surface area contributed by atoms with Gasteiger partial charge in [0.1, 0.15) is 54.9 Å². The van der Waals surface area contributed by atoms with E-state index in [1.807, 2.05) is 0 Å². The van der Waals surface area contributed by atoms with Crippen molar-refractivity contribution in [1.29, 1.82) is 0 Å². The summed E-state index contributed by atoms with van der Waals surface area (Å²) in [4.78, 5) is 0. The molecule has 0 spiro atoms. The molecule has 0 amide bonds. The van der Waals surface area contributed by atoms with Crippen LogP contribution in [0.25, 0.3) is 0 Å². The van der Waals surface area contributed by atoms with Crippen LogP contribution in [0.5, 0.6) is 0 Å². The molecule has 2 aliphatic rings. The lowest BCUT2D eigenvalue weighted by Crippen LogP contribution is -2.60. The van der Waals surface area contributed by atoms with E-state index in [1.54, 1.807) is 0 Å². The quantitative estimate of drug-likeness (QED) is 0.129. The van der Waals surface area contributed by atoms with Gasteiger partial charge in [-0.3, -0.25) is 0 Å². The number of aliphatic hydroxyl groups is 9. The normalized spacial score (nSPS) is 42.7. The predicted molar refractivity (Wildman–Crippen MR) is 110 cm³/mol. The number of ether oxygens (including phenoxy) is 5. The highest BCUT2D eigenvalue weighted by Crippen LogP contribution is 2.25. The summed E-state index contributed by atoms with van der Waals surface area (Å²) in [7, 11) is 0. The van der Waals surface area contributed by atoms with Crippen molar-refractivity contribution in [2.45, 2.75) is 107 Å². The van der Waals surface area contributed by atoms with E-state index in [0.717, 1.165) is 0 Å². The second-order valence-corrected chi connectivity index (χ2v) is 8.68. The van der Waals surface area contributed by atoms with Gasteiger partial charge in [-0.2, -0.15) is 0 Å². The zero-order valence-electron chi connectivity index (χ0n) is 19.3. The molecule has 10 unspecified atom stereocenters. The van der Waals surface area contributed by atoms with Gasteiger partial charge < -0.3 is 69.6 Å². The van der Waals surface area contributed by atoms with Gasteiger partial charge in [0.2, 0.25) is 0 Å². The van der Waals surface area contributed by atoms with Crippen molar-refractivity contribution in [3.05, 3.63) is 0 Å². The molecule has 9 N–H and O–H groups in total. The van der Waals surface area contributed by atoms with Gasteiger partial charge in [0, 0.05) is 0 Å². The summed E-state index contributed by atoms with van der Waals surface area (Å²) in [6.07, 6.45) is -18.0. The van der Waals surface area contributed by atoms with Crippen LogP contribution in [-0.4, -0.2) is 152 Å². The minimum Gasteiger partial charge on any atom is -0.394 e. The minimum atomic E-state index is -1.63. The first-order chi connectivity index (χ1) is 15.9. The van der Waals surface area contributed by atoms with E-state index in [-0.39, 0.29) is 6.61 Å². The van der Waals surface area contributed by atoms with Crippen molar-refractivity contribution in [2.24, 2.45) is 0 Å². The Morgan fingerprint density at radius 2 is 1.35 bits per heavy atom. The topological polar surface area (TPSA) is 228 Å². The first kappa shape index (κ1) is 29.7.